The predicted molar refractivity (Wildman–Crippen MR) is 82.4 cm³/mol. The molecule has 1 aliphatic rings. The molecule has 0 aromatic carbocycles. The number of hydrogen-bond donors (Lipinski definition) is 2. The molecule has 10 heteroatoms. The fourth-order valence-electron chi connectivity index (χ4n) is 1.47. The maximum atomic E-state index is 11.4. The van der Waals surface area contributed by atoms with Gasteiger partial charge < -0.3 is 19.7 Å². The molecule has 0 aromatic heterocycles. The summed E-state index contributed by atoms with van der Waals surface area (Å²) in [6.07, 6.45) is -1.69. The SMILES string of the molecule is CCOC(=O)N[C@H](NC(=S)N1CCOCC1)C(Cl)(Cl)Cl. The normalized spacial score (nSPS) is 17.3. The molecule has 2 N–H and O–H groups in total. The van der Waals surface area contributed by atoms with Gasteiger partial charge in [0.05, 0.1) is 19.8 Å². The average molecular weight is 365 g/mol. The molecule has 6 nitrogen and oxygen atoms in total. The van der Waals surface area contributed by atoms with E-state index in [0.717, 1.165) is 0 Å². The molecule has 1 atom stereocenters. The molecule has 0 radical (unpaired) electrons. The van der Waals surface area contributed by atoms with Gasteiger partial charge in [0.1, 0.15) is 0 Å². The average Bonchev–Trinajstić information content (AvgIpc) is 2.38. The zero-order valence-electron chi connectivity index (χ0n) is 10.8. The Hall–Kier alpha value is -0.210. The highest BCUT2D eigenvalue weighted by molar-refractivity contribution is 7.80. The van der Waals surface area contributed by atoms with Crippen LogP contribution in [0.2, 0.25) is 0 Å². The van der Waals surface area contributed by atoms with Crippen molar-refractivity contribution < 1.29 is 14.3 Å². The number of carbonyl (C=O) groups is 1. The zero-order valence-corrected chi connectivity index (χ0v) is 13.9. The van der Waals surface area contributed by atoms with Crippen molar-refractivity contribution >= 4 is 58.2 Å². The van der Waals surface area contributed by atoms with Gasteiger partial charge in [-0.25, -0.2) is 4.79 Å². The van der Waals surface area contributed by atoms with Crippen LogP contribution in [0.3, 0.4) is 0 Å². The molecule has 0 unspecified atom stereocenters. The molecular formula is C10H16Cl3N3O3S. The smallest absolute Gasteiger partial charge is 0.408 e. The van der Waals surface area contributed by atoms with E-state index in [9.17, 15) is 4.79 Å². The molecule has 0 spiro atoms. The lowest BCUT2D eigenvalue weighted by Gasteiger charge is -2.33. The van der Waals surface area contributed by atoms with E-state index in [2.05, 4.69) is 10.6 Å². The Morgan fingerprint density at radius 2 is 2.00 bits per heavy atom. The lowest BCUT2D eigenvalue weighted by atomic mass is 10.4. The summed E-state index contributed by atoms with van der Waals surface area (Å²) in [6.45, 7) is 4.31. The number of alkyl halides is 3. The molecule has 1 saturated heterocycles. The Morgan fingerprint density at radius 3 is 2.50 bits per heavy atom. The van der Waals surface area contributed by atoms with Crippen LogP contribution >= 0.6 is 47.0 Å². The van der Waals surface area contributed by atoms with Crippen LogP contribution in [0.1, 0.15) is 6.92 Å². The van der Waals surface area contributed by atoms with Gasteiger partial charge in [-0.15, -0.1) is 0 Å². The number of ether oxygens (including phenoxy) is 2. The topological polar surface area (TPSA) is 62.8 Å². The van der Waals surface area contributed by atoms with Crippen LogP contribution in [0, 0.1) is 0 Å². The van der Waals surface area contributed by atoms with Gasteiger partial charge in [-0.3, -0.25) is 5.32 Å². The van der Waals surface area contributed by atoms with Crippen LogP contribution in [-0.4, -0.2) is 59.0 Å². The van der Waals surface area contributed by atoms with Gasteiger partial charge in [-0.05, 0) is 19.1 Å². The van der Waals surface area contributed by atoms with Gasteiger partial charge in [-0.1, -0.05) is 34.8 Å². The summed E-state index contributed by atoms with van der Waals surface area (Å²) in [7, 11) is 0. The van der Waals surface area contributed by atoms with Gasteiger partial charge in [-0.2, -0.15) is 0 Å². The first kappa shape index (κ1) is 17.8. The van der Waals surface area contributed by atoms with Crippen molar-refractivity contribution in [2.24, 2.45) is 0 Å². The first-order valence-corrected chi connectivity index (χ1v) is 7.52. The number of nitrogens with zero attached hydrogens (tertiary/aromatic N) is 1. The van der Waals surface area contributed by atoms with Gasteiger partial charge in [0.2, 0.25) is 3.79 Å². The number of rotatable bonds is 3. The van der Waals surface area contributed by atoms with E-state index in [1.807, 2.05) is 4.90 Å². The highest BCUT2D eigenvalue weighted by atomic mass is 35.6. The molecule has 1 heterocycles. The van der Waals surface area contributed by atoms with Crippen molar-refractivity contribution in [1.82, 2.24) is 15.5 Å². The summed E-state index contributed by atoms with van der Waals surface area (Å²) in [5, 5.41) is 5.60. The van der Waals surface area contributed by atoms with Crippen molar-refractivity contribution in [2.45, 2.75) is 16.9 Å². The molecule has 0 aromatic rings. The number of halogens is 3. The van der Waals surface area contributed by atoms with Crippen LogP contribution in [0.4, 0.5) is 4.79 Å². The van der Waals surface area contributed by atoms with E-state index in [1.165, 1.54) is 0 Å². The standard InChI is InChI=1S/C10H16Cl3N3O3S/c1-2-19-9(17)15-7(10(11,12)13)14-8(20)16-3-5-18-6-4-16/h7H,2-6H2,1H3,(H,14,20)(H,15,17)/t7-/m0/s1. The Kier molecular flexibility index (Phi) is 7.39. The molecule has 1 rings (SSSR count). The summed E-state index contributed by atoms with van der Waals surface area (Å²) in [6, 6.07) is 0. The van der Waals surface area contributed by atoms with Crippen LogP contribution in [0.25, 0.3) is 0 Å². The van der Waals surface area contributed by atoms with Gasteiger partial charge in [0, 0.05) is 13.1 Å². The number of carbonyl (C=O) groups excluding carboxylic acids is 1. The molecule has 116 valence electrons. The minimum absolute atomic E-state index is 0.215. The summed E-state index contributed by atoms with van der Waals surface area (Å²) < 4.78 is 8.20. The number of morpholine rings is 1. The Labute approximate surface area is 138 Å². The molecule has 1 aliphatic heterocycles. The van der Waals surface area contributed by atoms with Crippen molar-refractivity contribution in [2.75, 3.05) is 32.9 Å². The second kappa shape index (κ2) is 8.29. The van der Waals surface area contributed by atoms with E-state index in [1.54, 1.807) is 6.92 Å². The molecular weight excluding hydrogens is 349 g/mol. The van der Waals surface area contributed by atoms with Crippen LogP contribution in [0.5, 0.6) is 0 Å². The minimum Gasteiger partial charge on any atom is -0.450 e. The van der Waals surface area contributed by atoms with Crippen LogP contribution in [-0.2, 0) is 9.47 Å². The summed E-state index contributed by atoms with van der Waals surface area (Å²) in [5.74, 6) is 0. The Bertz CT molecular complexity index is 348. The minimum atomic E-state index is -1.77. The quantitative estimate of drug-likeness (QED) is 0.451. The van der Waals surface area contributed by atoms with Crippen molar-refractivity contribution in [3.8, 4) is 0 Å². The van der Waals surface area contributed by atoms with Gasteiger partial charge >= 0.3 is 6.09 Å². The molecule has 20 heavy (non-hydrogen) atoms. The summed E-state index contributed by atoms with van der Waals surface area (Å²) in [4.78, 5) is 13.3. The lowest BCUT2D eigenvalue weighted by Crippen LogP contribution is -2.59. The number of amides is 1. The van der Waals surface area contributed by atoms with Crippen LogP contribution in [0.15, 0.2) is 0 Å². The summed E-state index contributed by atoms with van der Waals surface area (Å²) >= 11 is 22.7. The number of thiocarbonyl (C=S) groups is 1. The van der Waals surface area contributed by atoms with Crippen molar-refractivity contribution in [3.63, 3.8) is 0 Å². The van der Waals surface area contributed by atoms with E-state index in [-0.39, 0.29) is 6.61 Å². The maximum absolute atomic E-state index is 11.4. The Balaban J connectivity index is 2.59. The zero-order chi connectivity index (χ0) is 15.2. The van der Waals surface area contributed by atoms with Gasteiger partial charge in [0.15, 0.2) is 11.3 Å². The van der Waals surface area contributed by atoms with Crippen molar-refractivity contribution in [1.29, 1.82) is 0 Å². The third kappa shape index (κ3) is 6.05. The third-order valence-corrected chi connectivity index (χ3v) is 3.46. The molecule has 0 aliphatic carbocycles. The molecule has 1 amide bonds. The first-order valence-electron chi connectivity index (χ1n) is 5.97. The summed E-state index contributed by atoms with van der Waals surface area (Å²) in [5.41, 5.74) is 0. The predicted octanol–water partition coefficient (Wildman–Crippen LogP) is 1.64. The Morgan fingerprint density at radius 1 is 1.40 bits per heavy atom. The molecule has 0 saturated carbocycles. The largest absolute Gasteiger partial charge is 0.450 e. The van der Waals surface area contributed by atoms with Crippen LogP contribution < -0.4 is 10.6 Å². The maximum Gasteiger partial charge on any atom is 0.408 e. The number of nitrogens with one attached hydrogen (secondary N) is 2. The highest BCUT2D eigenvalue weighted by Crippen LogP contribution is 2.29. The third-order valence-electron chi connectivity index (χ3n) is 2.43. The first-order chi connectivity index (χ1) is 9.34. The van der Waals surface area contributed by atoms with E-state index in [0.29, 0.717) is 31.4 Å². The molecule has 0 bridgehead atoms. The second-order valence-electron chi connectivity index (χ2n) is 3.89. The fraction of sp³-hybridized carbons (Fsp3) is 0.800. The number of alkyl carbamates (subject to hydrolysis) is 1. The lowest BCUT2D eigenvalue weighted by molar-refractivity contribution is 0.0672. The van der Waals surface area contributed by atoms with Crippen molar-refractivity contribution in [3.05, 3.63) is 0 Å². The van der Waals surface area contributed by atoms with Gasteiger partial charge in [0.25, 0.3) is 0 Å². The monoisotopic (exact) mass is 363 g/mol. The second-order valence-corrected chi connectivity index (χ2v) is 6.64. The van der Waals surface area contributed by atoms with E-state index < -0.39 is 16.1 Å². The fourth-order valence-corrected chi connectivity index (χ4v) is 2.10. The number of hydrogen-bond acceptors (Lipinski definition) is 4. The molecule has 1 fully saturated rings. The van der Waals surface area contributed by atoms with E-state index >= 15 is 0 Å². The van der Waals surface area contributed by atoms with E-state index in [4.69, 9.17) is 56.5 Å². The highest BCUT2D eigenvalue weighted by Gasteiger charge is 2.35.